The molecule has 0 atom stereocenters. The van der Waals surface area contributed by atoms with Crippen LogP contribution in [0.2, 0.25) is 15.1 Å². The summed E-state index contributed by atoms with van der Waals surface area (Å²) in [7, 11) is 0. The molecule has 0 bridgehead atoms. The molecule has 0 aliphatic rings. The van der Waals surface area contributed by atoms with E-state index in [0.717, 1.165) is 0 Å². The van der Waals surface area contributed by atoms with E-state index in [1.165, 1.54) is 12.1 Å². The summed E-state index contributed by atoms with van der Waals surface area (Å²) in [5, 5.41) is 1.04. The molecule has 2 nitrogen and oxygen atoms in total. The molecule has 0 spiro atoms. The van der Waals surface area contributed by atoms with Crippen LogP contribution in [-0.4, -0.2) is 9.55 Å². The molecule has 3 rings (SSSR count). The van der Waals surface area contributed by atoms with Crippen molar-refractivity contribution in [1.82, 2.24) is 9.55 Å². The maximum atomic E-state index is 13.8. The minimum Gasteiger partial charge on any atom is -0.330 e. The summed E-state index contributed by atoms with van der Waals surface area (Å²) >= 11 is 26.6. The number of hydrogen-bond donors (Lipinski definition) is 1. The molecule has 0 saturated carbocycles. The lowest BCUT2D eigenvalue weighted by Gasteiger charge is -2.09. The predicted molar refractivity (Wildman–Crippen MR) is 91.1 cm³/mol. The van der Waals surface area contributed by atoms with Crippen molar-refractivity contribution in [2.24, 2.45) is 0 Å². The zero-order valence-corrected chi connectivity index (χ0v) is 14.7. The molecule has 3 aromatic rings. The Morgan fingerprint density at radius 1 is 1.05 bits per heavy atom. The van der Waals surface area contributed by atoms with Crippen LogP contribution in [-0.2, 0) is 0 Å². The van der Waals surface area contributed by atoms with E-state index in [1.807, 2.05) is 0 Å². The molecule has 1 aromatic heterocycles. The number of halogens is 5. The molecular weight excluding hydrogens is 421 g/mol. The monoisotopic (exact) mass is 424 g/mol. The van der Waals surface area contributed by atoms with Crippen LogP contribution in [0.4, 0.5) is 4.39 Å². The van der Waals surface area contributed by atoms with E-state index in [4.69, 9.17) is 47.0 Å². The van der Waals surface area contributed by atoms with E-state index in [1.54, 1.807) is 16.7 Å². The number of fused-ring (bicyclic) bond motifs is 1. The summed E-state index contributed by atoms with van der Waals surface area (Å²) in [6.07, 6.45) is 0. The summed E-state index contributed by atoms with van der Waals surface area (Å²) in [5.74, 6) is -0.401. The number of nitrogens with one attached hydrogen (secondary N) is 1. The van der Waals surface area contributed by atoms with Gasteiger partial charge in [0.25, 0.3) is 0 Å². The first-order valence-electron chi connectivity index (χ1n) is 5.63. The van der Waals surface area contributed by atoms with Gasteiger partial charge in [0.15, 0.2) is 4.77 Å². The van der Waals surface area contributed by atoms with E-state index in [0.29, 0.717) is 41.0 Å². The number of imidazole rings is 1. The first kappa shape index (κ1) is 15.3. The van der Waals surface area contributed by atoms with Gasteiger partial charge >= 0.3 is 0 Å². The molecule has 8 heteroatoms. The van der Waals surface area contributed by atoms with Crippen LogP contribution in [0.5, 0.6) is 0 Å². The molecule has 0 amide bonds. The number of rotatable bonds is 1. The van der Waals surface area contributed by atoms with E-state index < -0.39 is 5.82 Å². The Kier molecular flexibility index (Phi) is 4.05. The highest BCUT2D eigenvalue weighted by molar-refractivity contribution is 9.10. The van der Waals surface area contributed by atoms with Gasteiger partial charge < -0.3 is 4.98 Å². The Labute approximate surface area is 147 Å². The number of H-pyrrole nitrogens is 1. The second-order valence-corrected chi connectivity index (χ2v) is 6.73. The lowest BCUT2D eigenvalue weighted by Crippen LogP contribution is -1.96. The fraction of sp³-hybridized carbons (Fsp3) is 0. The van der Waals surface area contributed by atoms with Crippen LogP contribution in [0, 0.1) is 10.6 Å². The molecule has 0 aliphatic carbocycles. The Morgan fingerprint density at radius 2 is 1.71 bits per heavy atom. The highest BCUT2D eigenvalue weighted by atomic mass is 79.9. The zero-order valence-electron chi connectivity index (χ0n) is 10.1. The molecule has 21 heavy (non-hydrogen) atoms. The first-order chi connectivity index (χ1) is 9.88. The normalized spacial score (nSPS) is 11.3. The van der Waals surface area contributed by atoms with E-state index in [9.17, 15) is 4.39 Å². The quantitative estimate of drug-likeness (QED) is 0.346. The lowest BCUT2D eigenvalue weighted by molar-refractivity contribution is 0.622. The largest absolute Gasteiger partial charge is 0.330 e. The van der Waals surface area contributed by atoms with E-state index in [2.05, 4.69) is 20.9 Å². The van der Waals surface area contributed by atoms with Gasteiger partial charge in [0.05, 0.1) is 36.3 Å². The summed E-state index contributed by atoms with van der Waals surface area (Å²) in [4.78, 5) is 3.00. The summed E-state index contributed by atoms with van der Waals surface area (Å²) in [6, 6.07) is 6.10. The Bertz CT molecular complexity index is 935. The van der Waals surface area contributed by atoms with Crippen molar-refractivity contribution in [3.63, 3.8) is 0 Å². The fourth-order valence-electron chi connectivity index (χ4n) is 2.02. The van der Waals surface area contributed by atoms with Crippen LogP contribution in [0.3, 0.4) is 0 Å². The maximum absolute atomic E-state index is 13.8. The molecule has 0 aliphatic heterocycles. The highest BCUT2D eigenvalue weighted by Gasteiger charge is 2.14. The van der Waals surface area contributed by atoms with Crippen LogP contribution >= 0.6 is 63.0 Å². The molecule has 2 aromatic carbocycles. The number of aromatic amines is 1. The second-order valence-electron chi connectivity index (χ2n) is 4.27. The molecule has 0 unspecified atom stereocenters. The summed E-state index contributed by atoms with van der Waals surface area (Å²) in [5.41, 5.74) is 1.76. The number of nitrogens with zero attached hydrogens (tertiary/aromatic N) is 1. The third-order valence-corrected chi connectivity index (χ3v) is 4.87. The van der Waals surface area contributed by atoms with Crippen molar-refractivity contribution in [2.75, 3.05) is 0 Å². The van der Waals surface area contributed by atoms with Gasteiger partial charge in [0.2, 0.25) is 0 Å². The Morgan fingerprint density at radius 3 is 2.43 bits per heavy atom. The van der Waals surface area contributed by atoms with E-state index >= 15 is 0 Å². The maximum Gasteiger partial charge on any atom is 0.182 e. The smallest absolute Gasteiger partial charge is 0.182 e. The third kappa shape index (κ3) is 2.62. The standard InChI is InChI=1S/C13H5BrCl3FN2S/c14-5-1-10-12(4-9(5)18)20(13(21)19-10)11-3-7(16)6(15)2-8(11)17/h1-4H,(H,19,21). The number of aromatic nitrogens is 2. The van der Waals surface area contributed by atoms with Crippen LogP contribution in [0.1, 0.15) is 0 Å². The lowest BCUT2D eigenvalue weighted by atomic mass is 10.2. The molecule has 108 valence electrons. The van der Waals surface area contributed by atoms with Gasteiger partial charge in [-0.2, -0.15) is 0 Å². The van der Waals surface area contributed by atoms with Gasteiger partial charge in [-0.15, -0.1) is 0 Å². The topological polar surface area (TPSA) is 20.7 Å². The SMILES string of the molecule is Fc1cc2c(cc1Br)[nH]c(=S)n2-c1cc(Cl)c(Cl)cc1Cl. The average molecular weight is 427 g/mol. The minimum atomic E-state index is -0.401. The van der Waals surface area contributed by atoms with Crippen molar-refractivity contribution < 1.29 is 4.39 Å². The molecule has 1 N–H and O–H groups in total. The van der Waals surface area contributed by atoms with Crippen LogP contribution in [0.25, 0.3) is 16.7 Å². The predicted octanol–water partition coefficient (Wildman–Crippen LogP) is 6.55. The molecule has 0 saturated heterocycles. The minimum absolute atomic E-state index is 0.338. The van der Waals surface area contributed by atoms with Crippen molar-refractivity contribution in [1.29, 1.82) is 0 Å². The van der Waals surface area contributed by atoms with Crippen molar-refractivity contribution >= 4 is 74.0 Å². The van der Waals surface area contributed by atoms with Crippen molar-refractivity contribution in [3.05, 3.63) is 54.4 Å². The molecule has 1 heterocycles. The van der Waals surface area contributed by atoms with Gasteiger partial charge in [-0.1, -0.05) is 34.8 Å². The summed E-state index contributed by atoms with van der Waals surface area (Å²) < 4.78 is 16.1. The van der Waals surface area contributed by atoms with Gasteiger partial charge in [0.1, 0.15) is 5.82 Å². The zero-order chi connectivity index (χ0) is 15.3. The van der Waals surface area contributed by atoms with E-state index in [-0.39, 0.29) is 0 Å². The molecule has 0 radical (unpaired) electrons. The average Bonchev–Trinajstić information content (AvgIpc) is 2.70. The second kappa shape index (κ2) is 5.56. The van der Waals surface area contributed by atoms with Gasteiger partial charge in [0, 0.05) is 6.07 Å². The van der Waals surface area contributed by atoms with Gasteiger partial charge in [-0.05, 0) is 46.3 Å². The Hall–Kier alpha value is -0.590. The highest BCUT2D eigenvalue weighted by Crippen LogP contribution is 2.34. The third-order valence-electron chi connectivity index (χ3n) is 2.95. The molecular formula is C13H5BrCl3FN2S. The molecule has 0 fully saturated rings. The van der Waals surface area contributed by atoms with Crippen molar-refractivity contribution in [3.8, 4) is 5.69 Å². The Balaban J connectivity index is 2.40. The first-order valence-corrected chi connectivity index (χ1v) is 7.96. The van der Waals surface area contributed by atoms with Gasteiger partial charge in [-0.3, -0.25) is 4.57 Å². The summed E-state index contributed by atoms with van der Waals surface area (Å²) in [6.45, 7) is 0. The number of hydrogen-bond acceptors (Lipinski definition) is 1. The van der Waals surface area contributed by atoms with Gasteiger partial charge in [-0.25, -0.2) is 4.39 Å². The van der Waals surface area contributed by atoms with Crippen LogP contribution < -0.4 is 0 Å². The fourth-order valence-corrected chi connectivity index (χ4v) is 3.30. The van der Waals surface area contributed by atoms with Crippen molar-refractivity contribution in [2.45, 2.75) is 0 Å². The number of benzene rings is 2. The van der Waals surface area contributed by atoms with Crippen LogP contribution in [0.15, 0.2) is 28.7 Å².